The van der Waals surface area contributed by atoms with E-state index in [1.165, 1.54) is 25.3 Å². The van der Waals surface area contributed by atoms with Crippen molar-refractivity contribution in [1.29, 1.82) is 0 Å². The Morgan fingerprint density at radius 3 is 2.88 bits per heavy atom. The normalized spacial score (nSPS) is 14.1. The van der Waals surface area contributed by atoms with Crippen LogP contribution < -0.4 is 4.74 Å². The summed E-state index contributed by atoms with van der Waals surface area (Å²) in [5.74, 6) is -1.19. The first kappa shape index (κ1) is 17.7. The Kier molecular flexibility index (Phi) is 5.91. The predicted octanol–water partition coefficient (Wildman–Crippen LogP) is 4.78. The highest BCUT2D eigenvalue weighted by atomic mass is 32.2. The lowest BCUT2D eigenvalue weighted by Crippen LogP contribution is -2.13. The van der Waals surface area contributed by atoms with E-state index in [2.05, 4.69) is 4.98 Å². The third-order valence-corrected chi connectivity index (χ3v) is 5.49. The van der Waals surface area contributed by atoms with Gasteiger partial charge < -0.3 is 9.84 Å². The van der Waals surface area contributed by atoms with Gasteiger partial charge in [-0.25, -0.2) is 9.37 Å². The molecule has 0 bridgehead atoms. The molecule has 1 aromatic heterocycles. The molecule has 25 heavy (non-hydrogen) atoms. The molecule has 6 heteroatoms. The van der Waals surface area contributed by atoms with Gasteiger partial charge in [-0.2, -0.15) is 0 Å². The minimum Gasteiger partial charge on any atom is -0.491 e. The predicted molar refractivity (Wildman–Crippen MR) is 95.5 cm³/mol. The van der Waals surface area contributed by atoms with Crippen LogP contribution in [0, 0.1) is 5.82 Å². The molecule has 4 nitrogen and oxygen atoms in total. The summed E-state index contributed by atoms with van der Waals surface area (Å²) in [7, 11) is 0. The maximum absolute atomic E-state index is 14.3. The first-order valence-corrected chi connectivity index (χ1v) is 9.27. The Bertz CT molecular complexity index is 749. The minimum atomic E-state index is -0.882. The van der Waals surface area contributed by atoms with Gasteiger partial charge >= 0.3 is 5.97 Å². The van der Waals surface area contributed by atoms with E-state index < -0.39 is 11.8 Å². The topological polar surface area (TPSA) is 59.4 Å². The highest BCUT2D eigenvalue weighted by molar-refractivity contribution is 8.00. The molecule has 1 saturated carbocycles. The van der Waals surface area contributed by atoms with Crippen LogP contribution in [0.4, 0.5) is 4.39 Å². The monoisotopic (exact) mass is 361 g/mol. The zero-order valence-corrected chi connectivity index (χ0v) is 14.6. The average molecular weight is 361 g/mol. The molecule has 1 heterocycles. The highest BCUT2D eigenvalue weighted by Crippen LogP contribution is 2.40. The molecular weight excluding hydrogens is 341 g/mol. The maximum Gasteiger partial charge on any atom is 0.303 e. The Morgan fingerprint density at radius 2 is 2.20 bits per heavy atom. The number of hydrogen-bond acceptors (Lipinski definition) is 4. The summed E-state index contributed by atoms with van der Waals surface area (Å²) in [5.41, 5.74) is 1.70. The van der Waals surface area contributed by atoms with E-state index in [0.717, 1.165) is 16.2 Å². The molecule has 0 amide bonds. The van der Waals surface area contributed by atoms with E-state index in [9.17, 15) is 9.18 Å². The van der Waals surface area contributed by atoms with E-state index in [1.54, 1.807) is 24.0 Å². The minimum absolute atomic E-state index is 0.0110. The quantitative estimate of drug-likeness (QED) is 0.686. The molecule has 132 valence electrons. The van der Waals surface area contributed by atoms with Crippen molar-refractivity contribution in [3.63, 3.8) is 0 Å². The Hall–Kier alpha value is -2.08. The van der Waals surface area contributed by atoms with Crippen molar-refractivity contribution in [3.8, 4) is 16.9 Å². The molecule has 3 rings (SSSR count). The van der Waals surface area contributed by atoms with Crippen LogP contribution in [0.3, 0.4) is 0 Å². The molecule has 0 aliphatic heterocycles. The lowest BCUT2D eigenvalue weighted by Gasteiger charge is -2.24. The first-order valence-electron chi connectivity index (χ1n) is 8.39. The second kappa shape index (κ2) is 8.34. The van der Waals surface area contributed by atoms with Gasteiger partial charge in [0.2, 0.25) is 0 Å². The van der Waals surface area contributed by atoms with Gasteiger partial charge in [0, 0.05) is 23.4 Å². The summed E-state index contributed by atoms with van der Waals surface area (Å²) in [4.78, 5) is 14.9. The number of carboxylic acids is 1. The molecule has 0 atom stereocenters. The second-order valence-corrected chi connectivity index (χ2v) is 7.31. The van der Waals surface area contributed by atoms with Crippen molar-refractivity contribution in [2.45, 2.75) is 42.4 Å². The van der Waals surface area contributed by atoms with Gasteiger partial charge in [0.1, 0.15) is 5.03 Å². The lowest BCUT2D eigenvalue weighted by atomic mass is 10.00. The Labute approximate surface area is 150 Å². The molecule has 0 radical (unpaired) electrons. The molecule has 1 aliphatic carbocycles. The standard InChI is InChI=1S/C19H20FNO3S/c20-16-12-13(8-9-17(16)24-11-3-7-18(22)23)15-6-2-10-21-19(15)25-14-4-1-5-14/h2,6,8-10,12,14H,1,3-5,7,11H2,(H,22,23). The van der Waals surface area contributed by atoms with E-state index in [0.29, 0.717) is 11.7 Å². The third-order valence-electron chi connectivity index (χ3n) is 4.14. The van der Waals surface area contributed by atoms with Crippen molar-refractivity contribution in [2.24, 2.45) is 0 Å². The molecular formula is C19H20FNO3S. The van der Waals surface area contributed by atoms with E-state index in [-0.39, 0.29) is 18.8 Å². The van der Waals surface area contributed by atoms with E-state index in [1.807, 2.05) is 18.2 Å². The lowest BCUT2D eigenvalue weighted by molar-refractivity contribution is -0.137. The van der Waals surface area contributed by atoms with Crippen LogP contribution in [0.5, 0.6) is 5.75 Å². The fraction of sp³-hybridized carbons (Fsp3) is 0.368. The van der Waals surface area contributed by atoms with E-state index >= 15 is 0 Å². The Balaban J connectivity index is 1.71. The zero-order chi connectivity index (χ0) is 17.6. The summed E-state index contributed by atoms with van der Waals surface area (Å²) in [6, 6.07) is 8.67. The highest BCUT2D eigenvalue weighted by Gasteiger charge is 2.21. The van der Waals surface area contributed by atoms with Crippen LogP contribution >= 0.6 is 11.8 Å². The average Bonchev–Trinajstić information content (AvgIpc) is 2.56. The van der Waals surface area contributed by atoms with Crippen molar-refractivity contribution in [1.82, 2.24) is 4.98 Å². The number of carboxylic acid groups (broad SMARTS) is 1. The zero-order valence-electron chi connectivity index (χ0n) is 13.8. The molecule has 0 saturated heterocycles. The van der Waals surface area contributed by atoms with Gasteiger partial charge in [0.15, 0.2) is 11.6 Å². The van der Waals surface area contributed by atoms with Gasteiger partial charge in [0.05, 0.1) is 6.61 Å². The van der Waals surface area contributed by atoms with Gasteiger partial charge in [-0.05, 0) is 43.0 Å². The number of halogens is 1. The number of hydrogen-bond donors (Lipinski definition) is 1. The fourth-order valence-corrected chi connectivity index (χ4v) is 3.86. The van der Waals surface area contributed by atoms with Gasteiger partial charge in [-0.1, -0.05) is 18.6 Å². The van der Waals surface area contributed by atoms with Gasteiger partial charge in [-0.3, -0.25) is 4.79 Å². The third kappa shape index (κ3) is 4.72. The number of nitrogens with zero attached hydrogens (tertiary/aromatic N) is 1. The van der Waals surface area contributed by atoms with E-state index in [4.69, 9.17) is 9.84 Å². The van der Waals surface area contributed by atoms with Crippen LogP contribution in [-0.4, -0.2) is 27.9 Å². The van der Waals surface area contributed by atoms with Crippen LogP contribution in [-0.2, 0) is 4.79 Å². The SMILES string of the molecule is O=C(O)CCCOc1ccc(-c2cccnc2SC2CCC2)cc1F. The molecule has 1 aromatic carbocycles. The number of benzene rings is 1. The second-order valence-electron chi connectivity index (χ2n) is 6.02. The summed E-state index contributed by atoms with van der Waals surface area (Å²) in [5, 5.41) is 10.1. The smallest absolute Gasteiger partial charge is 0.303 e. The number of rotatable bonds is 8. The maximum atomic E-state index is 14.3. The number of pyridine rings is 1. The number of aromatic nitrogens is 1. The molecule has 0 unspecified atom stereocenters. The molecule has 1 aliphatic rings. The summed E-state index contributed by atoms with van der Waals surface area (Å²) in [6.07, 6.45) is 5.80. The largest absolute Gasteiger partial charge is 0.491 e. The van der Waals surface area contributed by atoms with Crippen LogP contribution in [0.15, 0.2) is 41.6 Å². The van der Waals surface area contributed by atoms with Crippen LogP contribution in [0.1, 0.15) is 32.1 Å². The number of ether oxygens (including phenoxy) is 1. The molecule has 1 fully saturated rings. The molecule has 2 aromatic rings. The number of aliphatic carboxylic acids is 1. The van der Waals surface area contributed by atoms with Crippen LogP contribution in [0.25, 0.3) is 11.1 Å². The van der Waals surface area contributed by atoms with Gasteiger partial charge in [0.25, 0.3) is 0 Å². The molecule has 0 spiro atoms. The Morgan fingerprint density at radius 1 is 1.36 bits per heavy atom. The molecule has 1 N–H and O–H groups in total. The first-order chi connectivity index (χ1) is 12.1. The van der Waals surface area contributed by atoms with Crippen molar-refractivity contribution in [3.05, 3.63) is 42.3 Å². The fourth-order valence-electron chi connectivity index (χ4n) is 2.54. The van der Waals surface area contributed by atoms with Crippen LogP contribution in [0.2, 0.25) is 0 Å². The summed E-state index contributed by atoms with van der Waals surface area (Å²) in [6.45, 7) is 0.179. The van der Waals surface area contributed by atoms with Crippen molar-refractivity contribution >= 4 is 17.7 Å². The number of carbonyl (C=O) groups is 1. The number of thioether (sulfide) groups is 1. The summed E-state index contributed by atoms with van der Waals surface area (Å²) < 4.78 is 19.7. The summed E-state index contributed by atoms with van der Waals surface area (Å²) >= 11 is 1.76. The van der Waals surface area contributed by atoms with Gasteiger partial charge in [-0.15, -0.1) is 11.8 Å². The van der Waals surface area contributed by atoms with Crippen molar-refractivity contribution < 1.29 is 19.0 Å². The van der Waals surface area contributed by atoms with Crippen molar-refractivity contribution in [2.75, 3.05) is 6.61 Å².